The summed E-state index contributed by atoms with van der Waals surface area (Å²) in [6, 6.07) is 14.5. The first-order valence-electron chi connectivity index (χ1n) is 11.8. The van der Waals surface area contributed by atoms with E-state index in [1.807, 2.05) is 32.0 Å². The zero-order chi connectivity index (χ0) is 24.3. The monoisotopic (exact) mass is 458 g/mol. The Hall–Kier alpha value is -3.45. The van der Waals surface area contributed by atoms with Crippen molar-refractivity contribution in [2.24, 2.45) is 0 Å². The van der Waals surface area contributed by atoms with Gasteiger partial charge in [0.25, 0.3) is 5.91 Å². The molecule has 0 saturated carbocycles. The fraction of sp³-hybridized carbons (Fsp3) is 0.370. The zero-order valence-corrected chi connectivity index (χ0v) is 20.6. The zero-order valence-electron chi connectivity index (χ0n) is 20.6. The van der Waals surface area contributed by atoms with E-state index in [9.17, 15) is 4.79 Å². The van der Waals surface area contributed by atoms with Crippen LogP contribution in [0.1, 0.15) is 61.7 Å². The first-order chi connectivity index (χ1) is 16.2. The Bertz CT molecular complexity index is 1180. The molecule has 7 nitrogen and oxygen atoms in total. The fourth-order valence-corrected chi connectivity index (χ4v) is 3.93. The Morgan fingerprint density at radius 3 is 2.59 bits per heavy atom. The van der Waals surface area contributed by atoms with Crippen molar-refractivity contribution in [3.8, 4) is 0 Å². The van der Waals surface area contributed by atoms with Crippen molar-refractivity contribution in [3.63, 3.8) is 0 Å². The van der Waals surface area contributed by atoms with Crippen LogP contribution in [-0.4, -0.2) is 28.5 Å². The number of nitrogens with zero attached hydrogens (tertiary/aromatic N) is 2. The average molecular weight is 459 g/mol. The van der Waals surface area contributed by atoms with Gasteiger partial charge in [-0.1, -0.05) is 39.0 Å². The minimum Gasteiger partial charge on any atom is -0.350 e. The maximum atomic E-state index is 12.9. The third-order valence-electron chi connectivity index (χ3n) is 5.79. The van der Waals surface area contributed by atoms with Crippen LogP contribution in [0.25, 0.3) is 0 Å². The van der Waals surface area contributed by atoms with E-state index in [0.717, 1.165) is 30.9 Å². The van der Waals surface area contributed by atoms with E-state index >= 15 is 0 Å². The molecule has 0 radical (unpaired) electrons. The van der Waals surface area contributed by atoms with Crippen LogP contribution in [0.4, 0.5) is 23.1 Å². The molecular formula is C27H34N6O. The topological polar surface area (TPSA) is 91.0 Å². The lowest BCUT2D eigenvalue weighted by Crippen LogP contribution is -2.31. The van der Waals surface area contributed by atoms with Gasteiger partial charge in [0.05, 0.1) is 0 Å². The van der Waals surface area contributed by atoms with E-state index < -0.39 is 0 Å². The van der Waals surface area contributed by atoms with Gasteiger partial charge >= 0.3 is 0 Å². The molecule has 1 amide bonds. The van der Waals surface area contributed by atoms with Crippen molar-refractivity contribution in [1.82, 2.24) is 20.6 Å². The molecule has 2 heterocycles. The van der Waals surface area contributed by atoms with E-state index in [1.165, 1.54) is 16.7 Å². The first kappa shape index (κ1) is 23.7. The molecule has 0 aliphatic carbocycles. The average Bonchev–Trinajstić information content (AvgIpc) is 2.78. The maximum absolute atomic E-state index is 12.9. The molecule has 4 rings (SSSR count). The summed E-state index contributed by atoms with van der Waals surface area (Å²) in [6.45, 7) is 12.3. The van der Waals surface area contributed by atoms with E-state index in [-0.39, 0.29) is 17.4 Å². The Balaban J connectivity index is 1.65. The van der Waals surface area contributed by atoms with Crippen molar-refractivity contribution in [2.75, 3.05) is 17.2 Å². The number of hydrogen-bond donors (Lipinski definition) is 4. The van der Waals surface area contributed by atoms with Crippen LogP contribution in [0.15, 0.2) is 48.7 Å². The molecule has 2 aromatic carbocycles. The van der Waals surface area contributed by atoms with Crippen LogP contribution in [0.2, 0.25) is 0 Å². The number of rotatable bonds is 6. The highest BCUT2D eigenvalue weighted by atomic mass is 16.1. The van der Waals surface area contributed by atoms with Crippen LogP contribution >= 0.6 is 0 Å². The van der Waals surface area contributed by atoms with Crippen molar-refractivity contribution in [2.45, 2.75) is 59.0 Å². The number of aromatic nitrogens is 2. The number of carbonyl (C=O) groups excluding carboxylic acids is 1. The summed E-state index contributed by atoms with van der Waals surface area (Å²) in [7, 11) is 0. The molecule has 1 aromatic heterocycles. The van der Waals surface area contributed by atoms with Gasteiger partial charge in [-0.25, -0.2) is 4.98 Å². The molecule has 0 bridgehead atoms. The van der Waals surface area contributed by atoms with Gasteiger partial charge in [-0.3, -0.25) is 4.79 Å². The molecule has 0 fully saturated rings. The summed E-state index contributed by atoms with van der Waals surface area (Å²) in [5.74, 6) is 0.677. The van der Waals surface area contributed by atoms with Crippen molar-refractivity contribution < 1.29 is 4.79 Å². The Morgan fingerprint density at radius 1 is 1.03 bits per heavy atom. The minimum absolute atomic E-state index is 0.00600. The number of amides is 1. The van der Waals surface area contributed by atoms with Gasteiger partial charge in [0.15, 0.2) is 0 Å². The van der Waals surface area contributed by atoms with Gasteiger partial charge in [0, 0.05) is 30.2 Å². The number of carbonyl (C=O) groups is 1. The molecule has 0 spiro atoms. The second-order valence-corrected chi connectivity index (χ2v) is 10.1. The smallest absolute Gasteiger partial charge is 0.256 e. The second-order valence-electron chi connectivity index (χ2n) is 10.1. The van der Waals surface area contributed by atoms with Gasteiger partial charge in [0.2, 0.25) is 5.95 Å². The highest BCUT2D eigenvalue weighted by Crippen LogP contribution is 2.28. The van der Waals surface area contributed by atoms with Crippen molar-refractivity contribution in [1.29, 1.82) is 0 Å². The number of hydrogen-bond acceptors (Lipinski definition) is 6. The van der Waals surface area contributed by atoms with Crippen LogP contribution < -0.4 is 21.3 Å². The first-order valence-corrected chi connectivity index (χ1v) is 11.8. The summed E-state index contributed by atoms with van der Waals surface area (Å²) >= 11 is 0. The third-order valence-corrected chi connectivity index (χ3v) is 5.79. The van der Waals surface area contributed by atoms with Gasteiger partial charge in [0.1, 0.15) is 11.4 Å². The molecule has 0 atom stereocenters. The molecule has 178 valence electrons. The van der Waals surface area contributed by atoms with E-state index in [2.05, 4.69) is 76.3 Å². The minimum atomic E-state index is -0.212. The van der Waals surface area contributed by atoms with Gasteiger partial charge in [-0.05, 0) is 73.2 Å². The SMILES string of the molecule is CC(C)NC(=O)c1cnc(Nc2ccc3c(c2)CNCC3)nc1Nc1cccc(C(C)(C)C)c1. The largest absolute Gasteiger partial charge is 0.350 e. The van der Waals surface area contributed by atoms with Gasteiger partial charge in [-0.15, -0.1) is 0 Å². The van der Waals surface area contributed by atoms with Crippen LogP contribution in [0, 0.1) is 0 Å². The van der Waals surface area contributed by atoms with E-state index in [1.54, 1.807) is 6.20 Å². The highest BCUT2D eigenvalue weighted by molar-refractivity contribution is 5.99. The number of fused-ring (bicyclic) bond motifs is 1. The molecular weight excluding hydrogens is 424 g/mol. The van der Waals surface area contributed by atoms with Gasteiger partial charge < -0.3 is 21.3 Å². The molecule has 3 aromatic rings. The molecule has 7 heteroatoms. The standard InChI is InChI=1S/C27H34N6O/c1-17(2)30-25(34)23-16-29-26(32-22-10-9-18-11-12-28-15-19(18)13-22)33-24(23)31-21-8-6-7-20(14-21)27(3,4)5/h6-10,13-14,16-17,28H,11-12,15H2,1-5H3,(H,30,34)(H2,29,31,32,33). The number of anilines is 4. The van der Waals surface area contributed by atoms with Crippen molar-refractivity contribution >= 4 is 29.0 Å². The molecule has 34 heavy (non-hydrogen) atoms. The third kappa shape index (κ3) is 5.72. The normalized spacial score (nSPS) is 13.4. The quantitative estimate of drug-likeness (QED) is 0.413. The summed E-state index contributed by atoms with van der Waals surface area (Å²) < 4.78 is 0. The summed E-state index contributed by atoms with van der Waals surface area (Å²) in [6.07, 6.45) is 2.61. The molecule has 0 unspecified atom stereocenters. The predicted octanol–water partition coefficient (Wildman–Crippen LogP) is 5.05. The lowest BCUT2D eigenvalue weighted by Gasteiger charge is -2.20. The highest BCUT2D eigenvalue weighted by Gasteiger charge is 2.18. The summed E-state index contributed by atoms with van der Waals surface area (Å²) in [4.78, 5) is 22.0. The van der Waals surface area contributed by atoms with Crippen LogP contribution in [0.5, 0.6) is 0 Å². The lowest BCUT2D eigenvalue weighted by molar-refractivity contribution is 0.0943. The molecule has 0 saturated heterocycles. The van der Waals surface area contributed by atoms with Crippen LogP contribution in [0.3, 0.4) is 0 Å². The number of nitrogens with one attached hydrogen (secondary N) is 4. The predicted molar refractivity (Wildman–Crippen MR) is 138 cm³/mol. The second kappa shape index (κ2) is 9.81. The number of benzene rings is 2. The Morgan fingerprint density at radius 2 is 1.82 bits per heavy atom. The molecule has 4 N–H and O–H groups in total. The fourth-order valence-electron chi connectivity index (χ4n) is 3.93. The summed E-state index contributed by atoms with van der Waals surface area (Å²) in [5, 5.41) is 13.0. The Kier molecular flexibility index (Phi) is 6.84. The maximum Gasteiger partial charge on any atom is 0.256 e. The van der Waals surface area contributed by atoms with Gasteiger partial charge in [-0.2, -0.15) is 4.98 Å². The molecule has 1 aliphatic heterocycles. The van der Waals surface area contributed by atoms with E-state index in [0.29, 0.717) is 17.3 Å². The summed E-state index contributed by atoms with van der Waals surface area (Å²) in [5.41, 5.74) is 6.04. The van der Waals surface area contributed by atoms with Crippen LogP contribution in [-0.2, 0) is 18.4 Å². The Labute approximate surface area is 201 Å². The lowest BCUT2D eigenvalue weighted by atomic mass is 9.87. The van der Waals surface area contributed by atoms with E-state index in [4.69, 9.17) is 0 Å². The van der Waals surface area contributed by atoms with Crippen molar-refractivity contribution in [3.05, 3.63) is 70.9 Å². The molecule has 1 aliphatic rings.